The standard InChI is InChI=1S/C27H22ClFN6O2S2/c1-14-5-2-6-15(11-14)32-21(37)13-38-27-34-33-26(39-27)35-19-9-4-10-20(36)24(19)22(16(12-30)25(35)31)23-17(28)7-3-8-18(23)29/h2-3,5-8,11,22H,4,9-10,13,31H2,1H3,(H,32,37). The fraction of sp³-hybridized carbons (Fsp3) is 0.222. The van der Waals surface area contributed by atoms with Crippen molar-refractivity contribution in [3.63, 3.8) is 0 Å². The van der Waals surface area contributed by atoms with Gasteiger partial charge in [0.1, 0.15) is 11.6 Å². The minimum Gasteiger partial charge on any atom is -0.384 e. The molecule has 2 aromatic carbocycles. The van der Waals surface area contributed by atoms with Gasteiger partial charge in [-0.05, 0) is 49.6 Å². The van der Waals surface area contributed by atoms with E-state index >= 15 is 4.39 Å². The van der Waals surface area contributed by atoms with Crippen LogP contribution in [0.25, 0.3) is 0 Å². The van der Waals surface area contributed by atoms with E-state index in [0.29, 0.717) is 39.3 Å². The predicted octanol–water partition coefficient (Wildman–Crippen LogP) is 5.67. The summed E-state index contributed by atoms with van der Waals surface area (Å²) in [5, 5.41) is 21.9. The second-order valence-electron chi connectivity index (χ2n) is 9.01. The number of nitrogens with two attached hydrogens (primary N) is 1. The molecule has 0 fully saturated rings. The van der Waals surface area contributed by atoms with Crippen molar-refractivity contribution in [3.8, 4) is 6.07 Å². The molecule has 8 nitrogen and oxygen atoms in total. The molecule has 1 atom stereocenters. The fourth-order valence-corrected chi connectivity index (χ4v) is 6.73. The van der Waals surface area contributed by atoms with Crippen LogP contribution in [0.3, 0.4) is 0 Å². The van der Waals surface area contributed by atoms with Crippen molar-refractivity contribution in [2.45, 2.75) is 36.4 Å². The molecule has 2 aliphatic rings. The molecule has 0 radical (unpaired) electrons. The van der Waals surface area contributed by atoms with Crippen molar-refractivity contribution >= 4 is 57.2 Å². The number of aryl methyl sites for hydroxylation is 1. The molecular formula is C27H22ClFN6O2S2. The molecule has 198 valence electrons. The lowest BCUT2D eigenvalue weighted by atomic mass is 9.75. The largest absolute Gasteiger partial charge is 0.384 e. The van der Waals surface area contributed by atoms with Gasteiger partial charge < -0.3 is 11.1 Å². The third-order valence-corrected chi connectivity index (χ3v) is 8.79. The molecule has 12 heteroatoms. The Morgan fingerprint density at radius 3 is 2.85 bits per heavy atom. The highest BCUT2D eigenvalue weighted by atomic mass is 35.5. The lowest BCUT2D eigenvalue weighted by Crippen LogP contribution is -2.39. The van der Waals surface area contributed by atoms with Crippen molar-refractivity contribution in [1.29, 1.82) is 5.26 Å². The number of halogens is 2. The number of amides is 1. The Balaban J connectivity index is 1.45. The number of benzene rings is 2. The molecule has 2 heterocycles. The zero-order chi connectivity index (χ0) is 27.7. The van der Waals surface area contributed by atoms with Gasteiger partial charge in [0.25, 0.3) is 0 Å². The molecule has 1 amide bonds. The number of ketones is 1. The van der Waals surface area contributed by atoms with Crippen molar-refractivity contribution in [2.24, 2.45) is 5.73 Å². The van der Waals surface area contributed by atoms with Gasteiger partial charge in [0.15, 0.2) is 10.1 Å². The summed E-state index contributed by atoms with van der Waals surface area (Å²) in [6.45, 7) is 1.94. The number of carbonyl (C=O) groups is 2. The monoisotopic (exact) mass is 580 g/mol. The van der Waals surface area contributed by atoms with Crippen molar-refractivity contribution < 1.29 is 14.0 Å². The summed E-state index contributed by atoms with van der Waals surface area (Å²) in [5.74, 6) is -1.88. The Hall–Kier alpha value is -3.72. The van der Waals surface area contributed by atoms with Gasteiger partial charge in [-0.3, -0.25) is 14.5 Å². The third kappa shape index (κ3) is 5.28. The molecule has 1 aromatic heterocycles. The number of nitriles is 1. The first kappa shape index (κ1) is 26.9. The second kappa shape index (κ2) is 11.2. The molecule has 1 aliphatic carbocycles. The number of hydrogen-bond acceptors (Lipinski definition) is 9. The number of carbonyl (C=O) groups excluding carboxylic acids is 2. The minimum absolute atomic E-state index is 0.0120. The van der Waals surface area contributed by atoms with Gasteiger partial charge in [-0.1, -0.05) is 52.9 Å². The summed E-state index contributed by atoms with van der Waals surface area (Å²) in [7, 11) is 0. The Labute approximate surface area is 237 Å². The number of nitrogens with zero attached hydrogens (tertiary/aromatic N) is 4. The van der Waals surface area contributed by atoms with E-state index in [-0.39, 0.29) is 45.8 Å². The van der Waals surface area contributed by atoms with E-state index in [9.17, 15) is 14.9 Å². The van der Waals surface area contributed by atoms with E-state index in [2.05, 4.69) is 21.6 Å². The van der Waals surface area contributed by atoms with E-state index < -0.39 is 11.7 Å². The van der Waals surface area contributed by atoms with Crippen LogP contribution < -0.4 is 16.0 Å². The Kier molecular flexibility index (Phi) is 7.70. The third-order valence-electron chi connectivity index (χ3n) is 6.42. The summed E-state index contributed by atoms with van der Waals surface area (Å²) in [4.78, 5) is 27.2. The van der Waals surface area contributed by atoms with E-state index in [1.807, 2.05) is 31.2 Å². The van der Waals surface area contributed by atoms with Gasteiger partial charge in [-0.2, -0.15) is 5.26 Å². The summed E-state index contributed by atoms with van der Waals surface area (Å²) in [5.41, 5.74) is 9.17. The van der Waals surface area contributed by atoms with Crippen LogP contribution >= 0.6 is 34.7 Å². The predicted molar refractivity (Wildman–Crippen MR) is 150 cm³/mol. The van der Waals surface area contributed by atoms with Crippen molar-refractivity contribution in [1.82, 2.24) is 10.2 Å². The first-order valence-corrected chi connectivity index (χ1v) is 14.2. The van der Waals surface area contributed by atoms with Crippen LogP contribution in [-0.4, -0.2) is 27.6 Å². The molecule has 1 unspecified atom stereocenters. The summed E-state index contributed by atoms with van der Waals surface area (Å²) in [6, 6.07) is 13.8. The zero-order valence-electron chi connectivity index (χ0n) is 20.7. The number of nitrogens with one attached hydrogen (secondary N) is 1. The number of anilines is 2. The zero-order valence-corrected chi connectivity index (χ0v) is 23.1. The van der Waals surface area contributed by atoms with Crippen LogP contribution in [0.2, 0.25) is 5.02 Å². The van der Waals surface area contributed by atoms with Gasteiger partial charge in [0.2, 0.25) is 11.0 Å². The van der Waals surface area contributed by atoms with E-state index in [1.165, 1.54) is 41.3 Å². The molecule has 0 saturated carbocycles. The van der Waals surface area contributed by atoms with Gasteiger partial charge >= 0.3 is 0 Å². The molecule has 0 saturated heterocycles. The van der Waals surface area contributed by atoms with Crippen LogP contribution in [0.1, 0.15) is 36.3 Å². The lowest BCUT2D eigenvalue weighted by Gasteiger charge is -2.38. The van der Waals surface area contributed by atoms with Crippen molar-refractivity contribution in [2.75, 3.05) is 16.0 Å². The van der Waals surface area contributed by atoms with Gasteiger partial charge in [0.05, 0.1) is 23.3 Å². The minimum atomic E-state index is -1.02. The van der Waals surface area contributed by atoms with E-state index in [1.54, 1.807) is 4.90 Å². The smallest absolute Gasteiger partial charge is 0.234 e. The Bertz CT molecular complexity index is 1570. The average Bonchev–Trinajstić information content (AvgIpc) is 3.36. The van der Waals surface area contributed by atoms with Gasteiger partial charge in [-0.25, -0.2) is 4.39 Å². The highest BCUT2D eigenvalue weighted by Gasteiger charge is 2.42. The van der Waals surface area contributed by atoms with Gasteiger partial charge in [-0.15, -0.1) is 10.2 Å². The molecule has 3 N–H and O–H groups in total. The molecular weight excluding hydrogens is 559 g/mol. The molecule has 5 rings (SSSR count). The fourth-order valence-electron chi connectivity index (χ4n) is 4.78. The van der Waals surface area contributed by atoms with Crippen LogP contribution in [0.5, 0.6) is 0 Å². The summed E-state index contributed by atoms with van der Waals surface area (Å²) >= 11 is 8.77. The number of rotatable bonds is 6. The average molecular weight is 581 g/mol. The number of allylic oxidation sites excluding steroid dienone is 3. The van der Waals surface area contributed by atoms with Crippen LogP contribution in [0.15, 0.2) is 69.5 Å². The second-order valence-corrected chi connectivity index (χ2v) is 11.6. The van der Waals surface area contributed by atoms with Crippen molar-refractivity contribution in [3.05, 3.63) is 87.1 Å². The number of aromatic nitrogens is 2. The number of Topliss-reactive ketones (excluding diaryl/α,β-unsaturated/α-hetero) is 1. The van der Waals surface area contributed by atoms with Crippen LogP contribution in [0.4, 0.5) is 15.2 Å². The van der Waals surface area contributed by atoms with Gasteiger partial charge in [0, 0.05) is 34.0 Å². The molecule has 0 spiro atoms. The molecule has 1 aliphatic heterocycles. The number of hydrogen-bond donors (Lipinski definition) is 2. The highest BCUT2D eigenvalue weighted by molar-refractivity contribution is 8.01. The topological polar surface area (TPSA) is 125 Å². The maximum atomic E-state index is 15.0. The molecule has 3 aromatic rings. The highest BCUT2D eigenvalue weighted by Crippen LogP contribution is 2.48. The summed E-state index contributed by atoms with van der Waals surface area (Å²) < 4.78 is 15.5. The SMILES string of the molecule is Cc1cccc(NC(=O)CSc2nnc(N3C(N)=C(C#N)C(c4c(F)cccc4Cl)C4=C3CCCC4=O)s2)c1. The molecule has 39 heavy (non-hydrogen) atoms. The lowest BCUT2D eigenvalue weighted by molar-refractivity contribution is -0.116. The summed E-state index contributed by atoms with van der Waals surface area (Å²) in [6.07, 6.45) is 1.31. The quantitative estimate of drug-likeness (QED) is 0.357. The van der Waals surface area contributed by atoms with E-state index in [4.69, 9.17) is 17.3 Å². The van der Waals surface area contributed by atoms with E-state index in [0.717, 1.165) is 5.56 Å². The number of thioether (sulfide) groups is 1. The van der Waals surface area contributed by atoms with Crippen LogP contribution in [0, 0.1) is 24.1 Å². The normalized spacial score (nSPS) is 17.2. The van der Waals surface area contributed by atoms with Crippen LogP contribution in [-0.2, 0) is 9.59 Å². The maximum Gasteiger partial charge on any atom is 0.234 e. The Morgan fingerprint density at radius 2 is 2.10 bits per heavy atom. The Morgan fingerprint density at radius 1 is 1.31 bits per heavy atom. The molecule has 0 bridgehead atoms. The first-order valence-electron chi connectivity index (χ1n) is 12.0. The first-order chi connectivity index (χ1) is 18.8. The maximum absolute atomic E-state index is 15.0.